The highest BCUT2D eigenvalue weighted by atomic mass is 35.5. The molecule has 2 aromatic heterocycles. The molecule has 4 rings (SSSR count). The Morgan fingerprint density at radius 2 is 1.72 bits per heavy atom. The Kier molecular flexibility index (Phi) is 6.89. The first kappa shape index (κ1) is 25.4. The Labute approximate surface area is 209 Å². The Morgan fingerprint density at radius 3 is 2.36 bits per heavy atom. The van der Waals surface area contributed by atoms with Gasteiger partial charge in [0.25, 0.3) is 0 Å². The smallest absolute Gasteiger partial charge is 0.416 e. The summed E-state index contributed by atoms with van der Waals surface area (Å²) in [6, 6.07) is 9.99. The summed E-state index contributed by atoms with van der Waals surface area (Å²) in [5.74, 6) is -1.37. The molecular weight excluding hydrogens is 528 g/mol. The lowest BCUT2D eigenvalue weighted by Crippen LogP contribution is -2.37. The largest absolute Gasteiger partial charge is 0.478 e. The number of hydrogen-bond acceptors (Lipinski definition) is 6. The minimum absolute atomic E-state index is 0.0204. The molecule has 0 aliphatic carbocycles. The second-order valence-corrected chi connectivity index (χ2v) is 8.38. The Hall–Kier alpha value is -3.68. The fourth-order valence-corrected chi connectivity index (χ4v) is 3.59. The zero-order valence-electron chi connectivity index (χ0n) is 17.9. The maximum absolute atomic E-state index is 13.0. The molecule has 0 aliphatic heterocycles. The summed E-state index contributed by atoms with van der Waals surface area (Å²) in [6.45, 7) is -1.44. The van der Waals surface area contributed by atoms with Crippen LogP contribution in [-0.2, 0) is 13.1 Å². The molecule has 0 radical (unpaired) electrons. The van der Waals surface area contributed by atoms with Gasteiger partial charge < -0.3 is 10.2 Å². The topological polar surface area (TPSA) is 128 Å². The molecule has 0 bridgehead atoms. The summed E-state index contributed by atoms with van der Waals surface area (Å²) in [7, 11) is 0. The normalized spacial score (nSPS) is 12.6. The lowest BCUT2D eigenvalue weighted by Gasteiger charge is -2.15. The van der Waals surface area contributed by atoms with Crippen LogP contribution in [0.3, 0.4) is 0 Å². The highest BCUT2D eigenvalue weighted by molar-refractivity contribution is 6.31. The van der Waals surface area contributed by atoms with Crippen LogP contribution in [0.15, 0.2) is 53.6 Å². The number of benzene rings is 2. The van der Waals surface area contributed by atoms with Crippen molar-refractivity contribution in [2.75, 3.05) is 0 Å². The van der Waals surface area contributed by atoms with Crippen molar-refractivity contribution in [2.45, 2.75) is 25.4 Å². The third-order valence-corrected chi connectivity index (χ3v) is 5.51. The van der Waals surface area contributed by atoms with Crippen LogP contribution in [0.5, 0.6) is 0 Å². The van der Waals surface area contributed by atoms with Crippen LogP contribution in [0.25, 0.3) is 17.1 Å². The average molecular weight is 543 g/mol. The van der Waals surface area contributed by atoms with E-state index in [9.17, 15) is 33.0 Å². The number of halogens is 5. The minimum atomic E-state index is -4.96. The van der Waals surface area contributed by atoms with Gasteiger partial charge in [0.1, 0.15) is 12.9 Å². The number of hydrogen-bond donors (Lipinski definition) is 2. The highest BCUT2D eigenvalue weighted by Crippen LogP contribution is 2.24. The maximum Gasteiger partial charge on any atom is 0.416 e. The summed E-state index contributed by atoms with van der Waals surface area (Å²) >= 11 is 11.7. The quantitative estimate of drug-likeness (QED) is 0.366. The van der Waals surface area contributed by atoms with Gasteiger partial charge in [-0.1, -0.05) is 23.2 Å². The maximum atomic E-state index is 13.0. The van der Waals surface area contributed by atoms with Crippen molar-refractivity contribution < 1.29 is 28.2 Å². The monoisotopic (exact) mass is 542 g/mol. The number of carboxylic acid groups (broad SMARTS) is 1. The average Bonchev–Trinajstić information content (AvgIpc) is 3.39. The molecule has 4 aromatic rings. The van der Waals surface area contributed by atoms with E-state index < -0.39 is 30.5 Å². The van der Waals surface area contributed by atoms with Gasteiger partial charge in [-0.25, -0.2) is 23.9 Å². The van der Waals surface area contributed by atoms with E-state index in [2.05, 4.69) is 15.2 Å². The first-order valence-electron chi connectivity index (χ1n) is 10.1. The van der Waals surface area contributed by atoms with E-state index in [1.165, 1.54) is 48.8 Å². The predicted octanol–water partition coefficient (Wildman–Crippen LogP) is 3.27. The molecule has 2 N–H and O–H groups in total. The van der Waals surface area contributed by atoms with Crippen molar-refractivity contribution in [2.24, 2.45) is 0 Å². The highest BCUT2D eigenvalue weighted by Gasteiger charge is 2.39. The van der Waals surface area contributed by atoms with Crippen molar-refractivity contribution in [3.63, 3.8) is 0 Å². The van der Waals surface area contributed by atoms with Gasteiger partial charge in [-0.15, -0.1) is 10.2 Å². The summed E-state index contributed by atoms with van der Waals surface area (Å²) in [5.41, 5.74) is -0.655. The molecule has 0 saturated heterocycles. The molecule has 0 saturated carbocycles. The zero-order chi connectivity index (χ0) is 26.2. The minimum Gasteiger partial charge on any atom is -0.478 e. The Bertz CT molecular complexity index is 1480. The lowest BCUT2D eigenvalue weighted by molar-refractivity contribution is -0.207. The van der Waals surface area contributed by atoms with Crippen molar-refractivity contribution in [3.05, 3.63) is 80.7 Å². The van der Waals surface area contributed by atoms with Crippen molar-refractivity contribution in [3.8, 4) is 17.1 Å². The van der Waals surface area contributed by atoms with Crippen LogP contribution < -0.4 is 5.69 Å². The van der Waals surface area contributed by atoms with Crippen LogP contribution in [0, 0.1) is 0 Å². The van der Waals surface area contributed by atoms with E-state index >= 15 is 0 Å². The van der Waals surface area contributed by atoms with E-state index in [0.717, 1.165) is 9.36 Å². The number of nitrogens with zero attached hydrogens (tertiary/aromatic N) is 6. The second kappa shape index (κ2) is 9.76. The van der Waals surface area contributed by atoms with Gasteiger partial charge in [-0.05, 0) is 42.5 Å². The van der Waals surface area contributed by atoms with Crippen LogP contribution in [-0.4, -0.2) is 57.6 Å². The lowest BCUT2D eigenvalue weighted by atomic mass is 10.2. The molecule has 0 unspecified atom stereocenters. The van der Waals surface area contributed by atoms with Gasteiger partial charge in [-0.2, -0.15) is 13.2 Å². The Balaban J connectivity index is 1.71. The van der Waals surface area contributed by atoms with Crippen LogP contribution >= 0.6 is 23.2 Å². The third-order valence-electron chi connectivity index (χ3n) is 5.02. The van der Waals surface area contributed by atoms with E-state index in [0.29, 0.717) is 9.59 Å². The molecule has 0 aliphatic rings. The number of aliphatic hydroxyl groups excluding tert-OH is 1. The summed E-state index contributed by atoms with van der Waals surface area (Å²) in [4.78, 5) is 28.6. The molecular formula is C21H15Cl2F3N6O4. The molecule has 10 nitrogen and oxygen atoms in total. The number of aliphatic hydroxyl groups is 1. The molecule has 0 spiro atoms. The SMILES string of the molecule is O=C(O)c1cc(Cl)ccc1-n1cnc(Cn2nc(-c3ccc(Cl)cc3)n(C[C@H](O)C(F)(F)F)c2=O)n1. The second-order valence-electron chi connectivity index (χ2n) is 7.51. The number of rotatable bonds is 7. The summed E-state index contributed by atoms with van der Waals surface area (Å²) in [6.07, 6.45) is -6.56. The molecule has 2 aromatic carbocycles. The number of alkyl halides is 3. The standard InChI is InChI=1S/C21H15Cl2F3N6O4/c22-12-3-1-11(2-4-12)18-29-31(20(36)30(18)8-16(33)21(24,25)26)9-17-27-10-32(28-17)15-6-5-13(23)7-14(15)19(34)35/h1-7,10,16,33H,8-9H2,(H,34,35)/t16-/m0/s1. The van der Waals surface area contributed by atoms with Crippen molar-refractivity contribution in [1.82, 2.24) is 29.1 Å². The van der Waals surface area contributed by atoms with Gasteiger partial charge in [0.15, 0.2) is 17.8 Å². The molecule has 188 valence electrons. The van der Waals surface area contributed by atoms with Gasteiger partial charge >= 0.3 is 17.8 Å². The first-order valence-corrected chi connectivity index (χ1v) is 10.8. The molecule has 0 fully saturated rings. The molecule has 0 amide bonds. The summed E-state index contributed by atoms with van der Waals surface area (Å²) < 4.78 is 41.7. The van der Waals surface area contributed by atoms with E-state index in [4.69, 9.17) is 23.2 Å². The van der Waals surface area contributed by atoms with Gasteiger partial charge in [-0.3, -0.25) is 4.57 Å². The van der Waals surface area contributed by atoms with Crippen LogP contribution in [0.2, 0.25) is 10.0 Å². The van der Waals surface area contributed by atoms with Gasteiger partial charge in [0, 0.05) is 15.6 Å². The van der Waals surface area contributed by atoms with Gasteiger partial charge in [0.2, 0.25) is 0 Å². The number of aromatic nitrogens is 6. The molecule has 15 heteroatoms. The molecule has 36 heavy (non-hydrogen) atoms. The fourth-order valence-electron chi connectivity index (χ4n) is 3.30. The molecule has 1 atom stereocenters. The van der Waals surface area contributed by atoms with E-state index in [1.54, 1.807) is 0 Å². The molecule has 2 heterocycles. The van der Waals surface area contributed by atoms with E-state index in [-0.39, 0.29) is 40.0 Å². The third kappa shape index (κ3) is 5.27. The van der Waals surface area contributed by atoms with Crippen LogP contribution in [0.4, 0.5) is 13.2 Å². The number of carboxylic acids is 1. The van der Waals surface area contributed by atoms with E-state index in [1.807, 2.05) is 0 Å². The van der Waals surface area contributed by atoms with Crippen LogP contribution in [0.1, 0.15) is 16.2 Å². The first-order chi connectivity index (χ1) is 16.9. The number of carbonyl (C=O) groups is 1. The van der Waals surface area contributed by atoms with Crippen molar-refractivity contribution >= 4 is 29.2 Å². The predicted molar refractivity (Wildman–Crippen MR) is 121 cm³/mol. The van der Waals surface area contributed by atoms with Crippen molar-refractivity contribution in [1.29, 1.82) is 0 Å². The van der Waals surface area contributed by atoms with Gasteiger partial charge in [0.05, 0.1) is 17.8 Å². The summed E-state index contributed by atoms with van der Waals surface area (Å²) in [5, 5.41) is 27.8. The fraction of sp³-hybridized carbons (Fsp3) is 0.190. The number of aromatic carboxylic acids is 1. The zero-order valence-corrected chi connectivity index (χ0v) is 19.4. The Morgan fingerprint density at radius 1 is 1.06 bits per heavy atom.